The van der Waals surface area contributed by atoms with Gasteiger partial charge in [0.05, 0.1) is 13.0 Å². The van der Waals surface area contributed by atoms with Crippen LogP contribution in [-0.4, -0.2) is 37.7 Å². The van der Waals surface area contributed by atoms with E-state index in [1.54, 1.807) is 0 Å². The smallest absolute Gasteiger partial charge is 0.230 e. The number of anilines is 1. The number of hydrogen-bond acceptors (Lipinski definition) is 2. The molecule has 110 valence electrons. The molecule has 0 unspecified atom stereocenters. The highest BCUT2D eigenvalue weighted by molar-refractivity contribution is 5.90. The van der Waals surface area contributed by atoms with Gasteiger partial charge in [-0.25, -0.2) is 0 Å². The van der Waals surface area contributed by atoms with Crippen LogP contribution < -0.4 is 10.2 Å². The molecule has 0 aromatic heterocycles. The molecule has 0 radical (unpaired) electrons. The van der Waals surface area contributed by atoms with Gasteiger partial charge in [0.25, 0.3) is 0 Å². The van der Waals surface area contributed by atoms with Gasteiger partial charge in [-0.15, -0.1) is 0 Å². The number of rotatable bonds is 4. The number of nitrogens with one attached hydrogen (secondary N) is 2. The standard InChI is InChI=1S/C16H24N2O2/c1-12-5-4-6-15(9-12)17-16(19)7-8-18-10-13(2)20-14(3)11-18/h4-6,9,13-14H,7-8,10-11H2,1-3H3,(H,17,19)/p+1/t13-,14-/m0/s1. The summed E-state index contributed by atoms with van der Waals surface area (Å²) in [6, 6.07) is 7.90. The number of quaternary nitrogens is 1. The molecule has 1 aromatic carbocycles. The summed E-state index contributed by atoms with van der Waals surface area (Å²) >= 11 is 0. The van der Waals surface area contributed by atoms with E-state index >= 15 is 0 Å². The molecule has 1 aliphatic heterocycles. The minimum absolute atomic E-state index is 0.0925. The van der Waals surface area contributed by atoms with Gasteiger partial charge in [-0.3, -0.25) is 4.79 Å². The van der Waals surface area contributed by atoms with Crippen LogP contribution in [-0.2, 0) is 9.53 Å². The number of aryl methyl sites for hydroxylation is 1. The molecule has 1 saturated heterocycles. The Morgan fingerprint density at radius 1 is 1.35 bits per heavy atom. The lowest BCUT2D eigenvalue weighted by atomic mass is 10.2. The summed E-state index contributed by atoms with van der Waals surface area (Å²) in [5, 5.41) is 2.96. The van der Waals surface area contributed by atoms with Crippen LogP contribution in [0, 0.1) is 6.92 Å². The first-order chi connectivity index (χ1) is 9.52. The van der Waals surface area contributed by atoms with Gasteiger partial charge < -0.3 is 15.0 Å². The van der Waals surface area contributed by atoms with Gasteiger partial charge in [-0.05, 0) is 38.5 Å². The first kappa shape index (κ1) is 15.0. The molecule has 4 nitrogen and oxygen atoms in total. The highest BCUT2D eigenvalue weighted by atomic mass is 16.5. The molecule has 1 heterocycles. The molecule has 20 heavy (non-hydrogen) atoms. The summed E-state index contributed by atoms with van der Waals surface area (Å²) in [7, 11) is 0. The van der Waals surface area contributed by atoms with E-state index in [9.17, 15) is 4.79 Å². The zero-order valence-electron chi connectivity index (χ0n) is 12.6. The van der Waals surface area contributed by atoms with Gasteiger partial charge >= 0.3 is 0 Å². The van der Waals surface area contributed by atoms with E-state index in [2.05, 4.69) is 19.2 Å². The summed E-state index contributed by atoms with van der Waals surface area (Å²) in [6.07, 6.45) is 1.13. The van der Waals surface area contributed by atoms with Crippen molar-refractivity contribution in [2.75, 3.05) is 25.0 Å². The van der Waals surface area contributed by atoms with E-state index in [1.165, 1.54) is 4.90 Å². The Kier molecular flexibility index (Phi) is 5.15. The van der Waals surface area contributed by atoms with Crippen molar-refractivity contribution < 1.29 is 14.4 Å². The average Bonchev–Trinajstić information content (AvgIpc) is 2.35. The number of amides is 1. The van der Waals surface area contributed by atoms with Crippen LogP contribution >= 0.6 is 0 Å². The predicted molar refractivity (Wildman–Crippen MR) is 80.0 cm³/mol. The normalized spacial score (nSPS) is 26.2. The lowest BCUT2D eigenvalue weighted by Crippen LogP contribution is -3.15. The van der Waals surface area contributed by atoms with Gasteiger partial charge in [-0.1, -0.05) is 12.1 Å². The van der Waals surface area contributed by atoms with E-state index in [0.717, 1.165) is 30.9 Å². The van der Waals surface area contributed by atoms with Gasteiger partial charge in [0.2, 0.25) is 5.91 Å². The largest absolute Gasteiger partial charge is 0.364 e. The third-order valence-corrected chi connectivity index (χ3v) is 3.62. The lowest BCUT2D eigenvalue weighted by Gasteiger charge is -2.32. The number of carbonyl (C=O) groups is 1. The van der Waals surface area contributed by atoms with Crippen molar-refractivity contribution in [2.24, 2.45) is 0 Å². The third-order valence-electron chi connectivity index (χ3n) is 3.62. The van der Waals surface area contributed by atoms with Crippen LogP contribution in [0.2, 0.25) is 0 Å². The quantitative estimate of drug-likeness (QED) is 0.863. The molecule has 0 saturated carbocycles. The molecule has 1 aromatic rings. The maximum absolute atomic E-state index is 12.0. The Balaban J connectivity index is 1.77. The van der Waals surface area contributed by atoms with Crippen LogP contribution in [0.1, 0.15) is 25.8 Å². The molecule has 2 N–H and O–H groups in total. The summed E-state index contributed by atoms with van der Waals surface area (Å²) in [4.78, 5) is 13.4. The number of benzene rings is 1. The number of hydrogen-bond donors (Lipinski definition) is 2. The molecule has 2 atom stereocenters. The van der Waals surface area contributed by atoms with Crippen LogP contribution in [0.25, 0.3) is 0 Å². The van der Waals surface area contributed by atoms with Crippen LogP contribution in [0.4, 0.5) is 5.69 Å². The Labute approximate surface area is 121 Å². The molecule has 0 spiro atoms. The van der Waals surface area contributed by atoms with Crippen LogP contribution in [0.5, 0.6) is 0 Å². The first-order valence-corrected chi connectivity index (χ1v) is 7.38. The molecule has 0 bridgehead atoms. The second kappa shape index (κ2) is 6.86. The van der Waals surface area contributed by atoms with E-state index in [0.29, 0.717) is 6.42 Å². The molecule has 4 heteroatoms. The van der Waals surface area contributed by atoms with E-state index in [1.807, 2.05) is 31.2 Å². The van der Waals surface area contributed by atoms with Crippen LogP contribution in [0.15, 0.2) is 24.3 Å². The fourth-order valence-corrected chi connectivity index (χ4v) is 2.83. The third kappa shape index (κ3) is 4.62. The zero-order chi connectivity index (χ0) is 14.5. The fourth-order valence-electron chi connectivity index (χ4n) is 2.83. The second-order valence-electron chi connectivity index (χ2n) is 5.83. The molecule has 1 aliphatic rings. The SMILES string of the molecule is Cc1cccc(NC(=O)CC[NH+]2C[C@H](C)O[C@@H](C)C2)c1. The Morgan fingerprint density at radius 3 is 2.70 bits per heavy atom. The molecule has 1 amide bonds. The van der Waals surface area contributed by atoms with E-state index < -0.39 is 0 Å². The predicted octanol–water partition coefficient (Wildman–Crippen LogP) is 1.02. The fraction of sp³-hybridized carbons (Fsp3) is 0.562. The number of ether oxygens (including phenoxy) is 1. The van der Waals surface area contributed by atoms with Gasteiger partial charge in [0.15, 0.2) is 0 Å². The van der Waals surface area contributed by atoms with Gasteiger partial charge in [0.1, 0.15) is 25.3 Å². The van der Waals surface area contributed by atoms with Crippen LogP contribution in [0.3, 0.4) is 0 Å². The number of carbonyl (C=O) groups excluding carboxylic acids is 1. The Hall–Kier alpha value is -1.39. The van der Waals surface area contributed by atoms with Crippen molar-refractivity contribution in [3.05, 3.63) is 29.8 Å². The second-order valence-corrected chi connectivity index (χ2v) is 5.83. The molecule has 1 fully saturated rings. The zero-order valence-corrected chi connectivity index (χ0v) is 12.6. The topological polar surface area (TPSA) is 42.8 Å². The highest BCUT2D eigenvalue weighted by Crippen LogP contribution is 2.09. The average molecular weight is 277 g/mol. The Morgan fingerprint density at radius 2 is 2.05 bits per heavy atom. The van der Waals surface area contributed by atoms with Crippen molar-refractivity contribution in [1.82, 2.24) is 0 Å². The summed E-state index contributed by atoms with van der Waals surface area (Å²) in [5.41, 5.74) is 2.04. The highest BCUT2D eigenvalue weighted by Gasteiger charge is 2.25. The maximum atomic E-state index is 12.0. The maximum Gasteiger partial charge on any atom is 0.230 e. The number of morpholine rings is 1. The monoisotopic (exact) mass is 277 g/mol. The van der Waals surface area contributed by atoms with Crippen molar-refractivity contribution in [1.29, 1.82) is 0 Å². The van der Waals surface area contributed by atoms with Crippen molar-refractivity contribution in [3.63, 3.8) is 0 Å². The van der Waals surface area contributed by atoms with Gasteiger partial charge in [-0.2, -0.15) is 0 Å². The Bertz CT molecular complexity index is 452. The molecular weight excluding hydrogens is 252 g/mol. The first-order valence-electron chi connectivity index (χ1n) is 7.38. The van der Waals surface area contributed by atoms with Crippen molar-refractivity contribution >= 4 is 11.6 Å². The summed E-state index contributed by atoms with van der Waals surface area (Å²) < 4.78 is 5.71. The van der Waals surface area contributed by atoms with E-state index in [-0.39, 0.29) is 18.1 Å². The molecular formula is C16H25N2O2+. The lowest BCUT2D eigenvalue weighted by molar-refractivity contribution is -0.914. The summed E-state index contributed by atoms with van der Waals surface area (Å²) in [6.45, 7) is 9.07. The minimum atomic E-state index is 0.0925. The van der Waals surface area contributed by atoms with Crippen molar-refractivity contribution in [2.45, 2.75) is 39.4 Å². The van der Waals surface area contributed by atoms with Crippen molar-refractivity contribution in [3.8, 4) is 0 Å². The molecule has 0 aliphatic carbocycles. The molecule has 2 rings (SSSR count). The minimum Gasteiger partial charge on any atom is -0.364 e. The van der Waals surface area contributed by atoms with E-state index in [4.69, 9.17) is 4.74 Å². The van der Waals surface area contributed by atoms with Gasteiger partial charge in [0, 0.05) is 5.69 Å². The summed E-state index contributed by atoms with van der Waals surface area (Å²) in [5.74, 6) is 0.0925.